The Hall–Kier alpha value is -2.79. The van der Waals surface area contributed by atoms with Crippen molar-refractivity contribution in [1.29, 1.82) is 0 Å². The molecule has 0 aliphatic carbocycles. The van der Waals surface area contributed by atoms with E-state index in [2.05, 4.69) is 34.3 Å². The number of carbonyl (C=O) groups excluding carboxylic acids is 1. The van der Waals surface area contributed by atoms with Crippen LogP contribution >= 0.6 is 0 Å². The number of para-hydroxylation sites is 2. The lowest BCUT2D eigenvalue weighted by Crippen LogP contribution is -2.26. The van der Waals surface area contributed by atoms with Crippen LogP contribution in [0.25, 0.3) is 10.9 Å². The first-order chi connectivity index (χ1) is 13.3. The van der Waals surface area contributed by atoms with Crippen molar-refractivity contribution in [2.75, 3.05) is 26.4 Å². The number of carbonyl (C=O) groups is 1. The topological polar surface area (TPSA) is 52.5 Å². The van der Waals surface area contributed by atoms with Gasteiger partial charge in [0.1, 0.15) is 12.4 Å². The van der Waals surface area contributed by atoms with Crippen molar-refractivity contribution in [2.24, 2.45) is 0 Å². The molecule has 3 rings (SSSR count). The maximum absolute atomic E-state index is 12.5. The summed E-state index contributed by atoms with van der Waals surface area (Å²) in [5, 5.41) is 4.22. The van der Waals surface area contributed by atoms with Gasteiger partial charge in [0.05, 0.1) is 12.2 Å². The molecule has 0 aliphatic heterocycles. The summed E-state index contributed by atoms with van der Waals surface area (Å²) in [4.78, 5) is 12.5. The Morgan fingerprint density at radius 1 is 1.04 bits per heavy atom. The molecule has 5 nitrogen and oxygen atoms in total. The summed E-state index contributed by atoms with van der Waals surface area (Å²) in [5.74, 6) is 0.477. The van der Waals surface area contributed by atoms with E-state index in [9.17, 15) is 4.79 Å². The van der Waals surface area contributed by atoms with Gasteiger partial charge in [-0.25, -0.2) is 0 Å². The average Bonchev–Trinajstić information content (AvgIpc) is 3.12. The zero-order valence-electron chi connectivity index (χ0n) is 15.7. The van der Waals surface area contributed by atoms with Crippen molar-refractivity contribution in [3.63, 3.8) is 0 Å². The molecular formula is C22H26N2O3. The van der Waals surface area contributed by atoms with Crippen LogP contribution in [0.3, 0.4) is 0 Å². The van der Waals surface area contributed by atoms with Crippen LogP contribution in [0.5, 0.6) is 5.75 Å². The predicted molar refractivity (Wildman–Crippen MR) is 107 cm³/mol. The molecule has 1 aromatic heterocycles. The number of aromatic nitrogens is 1. The lowest BCUT2D eigenvalue weighted by atomic mass is 10.2. The van der Waals surface area contributed by atoms with Gasteiger partial charge in [0.25, 0.3) is 5.91 Å². The molecule has 0 saturated heterocycles. The molecule has 0 unspecified atom stereocenters. The number of nitrogens with one attached hydrogen (secondary N) is 1. The zero-order valence-corrected chi connectivity index (χ0v) is 15.7. The van der Waals surface area contributed by atoms with Crippen molar-refractivity contribution >= 4 is 16.8 Å². The molecule has 5 heteroatoms. The van der Waals surface area contributed by atoms with E-state index in [0.717, 1.165) is 13.0 Å². The van der Waals surface area contributed by atoms with Crippen molar-refractivity contribution in [1.82, 2.24) is 9.88 Å². The number of amides is 1. The average molecular weight is 366 g/mol. The first kappa shape index (κ1) is 19.0. The maximum atomic E-state index is 12.5. The molecule has 0 saturated carbocycles. The number of benzene rings is 2. The lowest BCUT2D eigenvalue weighted by molar-refractivity contribution is 0.0935. The molecule has 2 aromatic carbocycles. The van der Waals surface area contributed by atoms with Gasteiger partial charge in [-0.2, -0.15) is 0 Å². The van der Waals surface area contributed by atoms with Crippen LogP contribution in [-0.4, -0.2) is 36.8 Å². The highest BCUT2D eigenvalue weighted by Gasteiger charge is 2.11. The summed E-state index contributed by atoms with van der Waals surface area (Å²) in [7, 11) is 0. The van der Waals surface area contributed by atoms with Gasteiger partial charge >= 0.3 is 0 Å². The fourth-order valence-corrected chi connectivity index (χ4v) is 3.02. The first-order valence-electron chi connectivity index (χ1n) is 9.41. The number of ether oxygens (including phenoxy) is 2. The second-order valence-corrected chi connectivity index (χ2v) is 6.22. The molecule has 1 N–H and O–H groups in total. The van der Waals surface area contributed by atoms with E-state index in [1.54, 1.807) is 6.07 Å². The van der Waals surface area contributed by atoms with E-state index in [4.69, 9.17) is 9.47 Å². The number of hydrogen-bond acceptors (Lipinski definition) is 3. The second-order valence-electron chi connectivity index (χ2n) is 6.22. The summed E-state index contributed by atoms with van der Waals surface area (Å²) in [5.41, 5.74) is 1.78. The van der Waals surface area contributed by atoms with E-state index in [1.807, 2.05) is 37.3 Å². The zero-order chi connectivity index (χ0) is 18.9. The van der Waals surface area contributed by atoms with Gasteiger partial charge in [0.15, 0.2) is 0 Å². The highest BCUT2D eigenvalue weighted by molar-refractivity contribution is 5.96. The van der Waals surface area contributed by atoms with Gasteiger partial charge in [0.2, 0.25) is 0 Å². The minimum atomic E-state index is -0.112. The van der Waals surface area contributed by atoms with Gasteiger partial charge in [-0.1, -0.05) is 30.3 Å². The second kappa shape index (κ2) is 9.78. The molecule has 1 heterocycles. The molecular weight excluding hydrogens is 340 g/mol. The Bertz CT molecular complexity index is 873. The third kappa shape index (κ3) is 5.11. The van der Waals surface area contributed by atoms with Crippen molar-refractivity contribution in [3.8, 4) is 5.75 Å². The number of fused-ring (bicyclic) bond motifs is 1. The highest BCUT2D eigenvalue weighted by atomic mass is 16.5. The lowest BCUT2D eigenvalue weighted by Gasteiger charge is -2.12. The molecule has 0 fully saturated rings. The molecule has 1 amide bonds. The van der Waals surface area contributed by atoms with Gasteiger partial charge in [-0.15, -0.1) is 0 Å². The Kier molecular flexibility index (Phi) is 6.88. The Balaban J connectivity index is 1.49. The fraction of sp³-hybridized carbons (Fsp3) is 0.318. The summed E-state index contributed by atoms with van der Waals surface area (Å²) in [6, 6.07) is 17.7. The van der Waals surface area contributed by atoms with Crippen LogP contribution in [0.1, 0.15) is 23.7 Å². The quantitative estimate of drug-likeness (QED) is 0.554. The van der Waals surface area contributed by atoms with Crippen molar-refractivity contribution in [3.05, 3.63) is 66.4 Å². The van der Waals surface area contributed by atoms with Crippen LogP contribution in [0.2, 0.25) is 0 Å². The van der Waals surface area contributed by atoms with Crippen molar-refractivity contribution in [2.45, 2.75) is 19.9 Å². The maximum Gasteiger partial charge on any atom is 0.255 e. The highest BCUT2D eigenvalue weighted by Crippen LogP contribution is 2.18. The van der Waals surface area contributed by atoms with Gasteiger partial charge in [0, 0.05) is 31.4 Å². The van der Waals surface area contributed by atoms with Crippen LogP contribution in [-0.2, 0) is 11.3 Å². The molecule has 0 aliphatic rings. The predicted octanol–water partition coefficient (Wildman–Crippen LogP) is 3.88. The molecule has 142 valence electrons. The van der Waals surface area contributed by atoms with E-state index >= 15 is 0 Å². The van der Waals surface area contributed by atoms with Crippen LogP contribution < -0.4 is 10.1 Å². The monoisotopic (exact) mass is 366 g/mol. The molecule has 0 spiro atoms. The minimum Gasteiger partial charge on any atom is -0.490 e. The summed E-state index contributed by atoms with van der Waals surface area (Å²) in [6.45, 7) is 5.01. The Morgan fingerprint density at radius 2 is 1.85 bits per heavy atom. The van der Waals surface area contributed by atoms with E-state index in [-0.39, 0.29) is 5.91 Å². The third-order valence-electron chi connectivity index (χ3n) is 4.36. The first-order valence-corrected chi connectivity index (χ1v) is 9.41. The Labute approximate surface area is 159 Å². The normalized spacial score (nSPS) is 10.9. The fourth-order valence-electron chi connectivity index (χ4n) is 3.02. The largest absolute Gasteiger partial charge is 0.490 e. The molecule has 0 radical (unpaired) electrons. The summed E-state index contributed by atoms with van der Waals surface area (Å²) in [6.07, 6.45) is 2.95. The van der Waals surface area contributed by atoms with Crippen molar-refractivity contribution < 1.29 is 14.3 Å². The van der Waals surface area contributed by atoms with Crippen LogP contribution in [0, 0.1) is 0 Å². The standard InChI is InChI=1S/C22H26N2O3/c1-2-26-16-17-27-21-11-6-4-9-19(21)22(25)23-13-7-14-24-15-12-18-8-3-5-10-20(18)24/h3-6,8-12,15H,2,7,13-14,16-17H2,1H3,(H,23,25). The van der Waals surface area contributed by atoms with E-state index in [0.29, 0.717) is 37.7 Å². The van der Waals surface area contributed by atoms with Gasteiger partial charge in [-0.05, 0) is 43.0 Å². The molecule has 0 bridgehead atoms. The molecule has 27 heavy (non-hydrogen) atoms. The van der Waals surface area contributed by atoms with Gasteiger partial charge in [-0.3, -0.25) is 4.79 Å². The minimum absolute atomic E-state index is 0.112. The SMILES string of the molecule is CCOCCOc1ccccc1C(=O)NCCCn1ccc2ccccc21. The van der Waals surface area contributed by atoms with E-state index < -0.39 is 0 Å². The van der Waals surface area contributed by atoms with Crippen LogP contribution in [0.15, 0.2) is 60.8 Å². The summed E-state index contributed by atoms with van der Waals surface area (Å²) < 4.78 is 13.2. The number of rotatable bonds is 10. The smallest absolute Gasteiger partial charge is 0.255 e. The van der Waals surface area contributed by atoms with E-state index in [1.165, 1.54) is 10.9 Å². The van der Waals surface area contributed by atoms with Crippen LogP contribution in [0.4, 0.5) is 0 Å². The van der Waals surface area contributed by atoms with Gasteiger partial charge < -0.3 is 19.4 Å². The number of aryl methyl sites for hydroxylation is 1. The summed E-state index contributed by atoms with van der Waals surface area (Å²) >= 11 is 0. The molecule has 0 atom stereocenters. The number of hydrogen-bond donors (Lipinski definition) is 1. The third-order valence-corrected chi connectivity index (χ3v) is 4.36. The number of nitrogens with zero attached hydrogens (tertiary/aromatic N) is 1. The molecule has 3 aromatic rings. The Morgan fingerprint density at radius 3 is 2.74 bits per heavy atom.